The van der Waals surface area contributed by atoms with E-state index in [1.54, 1.807) is 7.05 Å². The van der Waals surface area contributed by atoms with E-state index in [1.807, 2.05) is 0 Å². The van der Waals surface area contributed by atoms with E-state index in [0.717, 1.165) is 0 Å². The molecule has 0 unspecified atom stereocenters. The van der Waals surface area contributed by atoms with Crippen molar-refractivity contribution in [3.8, 4) is 0 Å². The fourth-order valence-corrected chi connectivity index (χ4v) is 0.673. The van der Waals surface area contributed by atoms with Crippen LogP contribution >= 0.6 is 0 Å². The molecule has 0 aromatic heterocycles. The summed E-state index contributed by atoms with van der Waals surface area (Å²) >= 11 is 0. The topological polar surface area (TPSA) is 84.2 Å². The molecule has 0 bridgehead atoms. The van der Waals surface area contributed by atoms with Crippen molar-refractivity contribution in [2.45, 2.75) is 0 Å². The van der Waals surface area contributed by atoms with Gasteiger partial charge in [-0.15, -0.1) is 0 Å². The van der Waals surface area contributed by atoms with E-state index in [2.05, 4.69) is 10.6 Å². The first kappa shape index (κ1) is 11.2. The second kappa shape index (κ2) is 6.90. The van der Waals surface area contributed by atoms with Crippen LogP contribution in [-0.2, 0) is 9.59 Å². The zero-order chi connectivity index (χ0) is 9.40. The molecule has 0 aromatic rings. The highest BCUT2D eigenvalue weighted by Crippen LogP contribution is 1.68. The minimum Gasteiger partial charge on any atom is -0.324 e. The molecule has 0 rings (SSSR count). The summed E-state index contributed by atoms with van der Waals surface area (Å²) in [5.41, 5.74) is 5.06. The van der Waals surface area contributed by atoms with Crippen molar-refractivity contribution in [1.82, 2.24) is 10.6 Å². The number of carbonyl (C=O) groups excluding carboxylic acids is 2. The molecule has 0 aliphatic rings. The number of hydrogen-bond acceptors (Lipinski definition) is 5. The molecule has 0 saturated carbocycles. The summed E-state index contributed by atoms with van der Waals surface area (Å²) in [6.07, 6.45) is 0. The van der Waals surface area contributed by atoms with Gasteiger partial charge in [0.2, 0.25) is 0 Å². The maximum atomic E-state index is 10.8. The lowest BCUT2D eigenvalue weighted by atomic mass is 10.3. The lowest BCUT2D eigenvalue weighted by molar-refractivity contribution is -0.118. The number of nitrogens with one attached hydrogen (secondary N) is 2. The number of Topliss-reactive ketones (excluding diaryl/α,β-unsaturated/α-hetero) is 2. The zero-order valence-electron chi connectivity index (χ0n) is 7.22. The van der Waals surface area contributed by atoms with Crippen molar-refractivity contribution >= 4 is 11.6 Å². The van der Waals surface area contributed by atoms with Crippen LogP contribution in [0.5, 0.6) is 0 Å². The summed E-state index contributed by atoms with van der Waals surface area (Å²) in [5, 5.41) is 5.42. The molecule has 5 nitrogen and oxygen atoms in total. The van der Waals surface area contributed by atoms with Gasteiger partial charge in [0.1, 0.15) is 0 Å². The van der Waals surface area contributed by atoms with Crippen LogP contribution < -0.4 is 16.4 Å². The standard InChI is InChI=1S/C7H15N3O2/c1-9-3-7(12)5-10-4-6(11)2-8/h9-10H,2-5,8H2,1H3. The van der Waals surface area contributed by atoms with Gasteiger partial charge in [-0.05, 0) is 7.05 Å². The summed E-state index contributed by atoms with van der Waals surface area (Å²) in [7, 11) is 1.70. The monoisotopic (exact) mass is 173 g/mol. The number of nitrogens with two attached hydrogens (primary N) is 1. The molecule has 4 N–H and O–H groups in total. The third kappa shape index (κ3) is 5.96. The molecule has 0 aliphatic carbocycles. The summed E-state index contributed by atoms with van der Waals surface area (Å²) in [5.74, 6) is -0.0606. The van der Waals surface area contributed by atoms with Crippen molar-refractivity contribution in [2.75, 3.05) is 33.2 Å². The highest BCUT2D eigenvalue weighted by atomic mass is 16.1. The number of rotatable bonds is 7. The summed E-state index contributed by atoms with van der Waals surface area (Å²) < 4.78 is 0. The highest BCUT2D eigenvalue weighted by molar-refractivity contribution is 5.85. The van der Waals surface area contributed by atoms with Gasteiger partial charge in [0, 0.05) is 0 Å². The van der Waals surface area contributed by atoms with Gasteiger partial charge in [0.15, 0.2) is 11.6 Å². The maximum Gasteiger partial charge on any atom is 0.160 e. The largest absolute Gasteiger partial charge is 0.324 e. The Balaban J connectivity index is 3.30. The second-order valence-corrected chi connectivity index (χ2v) is 2.42. The van der Waals surface area contributed by atoms with E-state index < -0.39 is 0 Å². The van der Waals surface area contributed by atoms with E-state index in [4.69, 9.17) is 5.73 Å². The molecule has 0 saturated heterocycles. The molecule has 5 heteroatoms. The van der Waals surface area contributed by atoms with Crippen LogP contribution in [0.15, 0.2) is 0 Å². The summed E-state index contributed by atoms with van der Waals surface area (Å²) in [6.45, 7) is 0.732. The number of hydrogen-bond donors (Lipinski definition) is 3. The Morgan fingerprint density at radius 3 is 2.25 bits per heavy atom. The first-order valence-electron chi connectivity index (χ1n) is 3.79. The van der Waals surface area contributed by atoms with Gasteiger partial charge >= 0.3 is 0 Å². The molecule has 0 radical (unpaired) electrons. The first-order chi connectivity index (χ1) is 5.70. The maximum absolute atomic E-state index is 10.8. The summed E-state index contributed by atoms with van der Waals surface area (Å²) in [6, 6.07) is 0. The van der Waals surface area contributed by atoms with Crippen LogP contribution in [0.3, 0.4) is 0 Å². The fourth-order valence-electron chi connectivity index (χ4n) is 0.673. The summed E-state index contributed by atoms with van der Waals surface area (Å²) in [4.78, 5) is 21.5. The van der Waals surface area contributed by atoms with Crippen molar-refractivity contribution < 1.29 is 9.59 Å². The Kier molecular flexibility index (Phi) is 6.45. The normalized spacial score (nSPS) is 9.83. The van der Waals surface area contributed by atoms with Crippen LogP contribution in [0.4, 0.5) is 0 Å². The second-order valence-electron chi connectivity index (χ2n) is 2.42. The molecule has 0 heterocycles. The predicted octanol–water partition coefficient (Wildman–Crippen LogP) is -2.11. The third-order valence-electron chi connectivity index (χ3n) is 1.25. The SMILES string of the molecule is CNCC(=O)CNCC(=O)CN. The molecule has 12 heavy (non-hydrogen) atoms. The van der Waals surface area contributed by atoms with Gasteiger partial charge in [-0.1, -0.05) is 0 Å². The van der Waals surface area contributed by atoms with E-state index in [0.29, 0.717) is 6.54 Å². The molecular formula is C7H15N3O2. The van der Waals surface area contributed by atoms with Gasteiger partial charge in [-0.2, -0.15) is 0 Å². The lowest BCUT2D eigenvalue weighted by Gasteiger charge is -2.01. The molecule has 0 spiro atoms. The van der Waals surface area contributed by atoms with E-state index >= 15 is 0 Å². The van der Waals surface area contributed by atoms with E-state index in [9.17, 15) is 9.59 Å². The smallest absolute Gasteiger partial charge is 0.160 e. The number of carbonyl (C=O) groups is 2. The average molecular weight is 173 g/mol. The van der Waals surface area contributed by atoms with Crippen LogP contribution in [0.2, 0.25) is 0 Å². The van der Waals surface area contributed by atoms with Crippen molar-refractivity contribution in [3.63, 3.8) is 0 Å². The first-order valence-corrected chi connectivity index (χ1v) is 3.79. The van der Waals surface area contributed by atoms with Crippen molar-refractivity contribution in [2.24, 2.45) is 5.73 Å². The minimum atomic E-state index is -0.0905. The molecule has 0 amide bonds. The zero-order valence-corrected chi connectivity index (χ0v) is 7.22. The van der Waals surface area contributed by atoms with Crippen molar-refractivity contribution in [1.29, 1.82) is 0 Å². The van der Waals surface area contributed by atoms with Crippen molar-refractivity contribution in [3.05, 3.63) is 0 Å². The Bertz CT molecular complexity index is 159. The molecule has 0 aromatic carbocycles. The Labute approximate surface area is 71.7 Å². The number of likely N-dealkylation sites (N-methyl/N-ethyl adjacent to an activating group) is 1. The van der Waals surface area contributed by atoms with Gasteiger partial charge in [-0.3, -0.25) is 9.59 Å². The van der Waals surface area contributed by atoms with E-state index in [-0.39, 0.29) is 31.2 Å². The molecular weight excluding hydrogens is 158 g/mol. The lowest BCUT2D eigenvalue weighted by Crippen LogP contribution is -2.34. The average Bonchev–Trinajstić information content (AvgIpc) is 2.04. The highest BCUT2D eigenvalue weighted by Gasteiger charge is 2.01. The van der Waals surface area contributed by atoms with Crippen LogP contribution in [0.25, 0.3) is 0 Å². The van der Waals surface area contributed by atoms with Crippen LogP contribution in [-0.4, -0.2) is 44.8 Å². The molecule has 70 valence electrons. The molecule has 0 fully saturated rings. The van der Waals surface area contributed by atoms with Gasteiger partial charge in [0.25, 0.3) is 0 Å². The predicted molar refractivity (Wildman–Crippen MR) is 45.9 cm³/mol. The van der Waals surface area contributed by atoms with Crippen LogP contribution in [0, 0.1) is 0 Å². The molecule has 0 aliphatic heterocycles. The fraction of sp³-hybridized carbons (Fsp3) is 0.714. The Hall–Kier alpha value is -0.780. The van der Waals surface area contributed by atoms with Gasteiger partial charge in [-0.25, -0.2) is 0 Å². The Morgan fingerprint density at radius 2 is 1.75 bits per heavy atom. The van der Waals surface area contributed by atoms with Gasteiger partial charge in [0.05, 0.1) is 26.2 Å². The minimum absolute atomic E-state index is 0.0210. The quantitative estimate of drug-likeness (QED) is 0.410. The van der Waals surface area contributed by atoms with Gasteiger partial charge < -0.3 is 16.4 Å². The Morgan fingerprint density at radius 1 is 1.17 bits per heavy atom. The molecule has 0 atom stereocenters. The van der Waals surface area contributed by atoms with Crippen LogP contribution in [0.1, 0.15) is 0 Å². The number of ketones is 2. The van der Waals surface area contributed by atoms with E-state index in [1.165, 1.54) is 0 Å². The third-order valence-corrected chi connectivity index (χ3v) is 1.25.